The summed E-state index contributed by atoms with van der Waals surface area (Å²) in [4.78, 5) is 1.36. The average Bonchev–Trinajstić information content (AvgIpc) is 2.89. The number of hydrogen-bond donors (Lipinski definition) is 12. The Hall–Kier alpha value is -0.720. The molecular formula is C22H39NO11S2. The molecule has 1 rings (SSSR count). The van der Waals surface area contributed by atoms with Crippen LogP contribution in [0.4, 0.5) is 0 Å². The fourth-order valence-corrected chi connectivity index (χ4v) is 4.02. The number of aliphatic hydroxyl groups is 10. The first-order chi connectivity index (χ1) is 17.0. The molecule has 210 valence electrons. The lowest BCUT2D eigenvalue weighted by Crippen LogP contribution is -2.53. The first-order valence-corrected chi connectivity index (χ1v) is 12.6. The van der Waals surface area contributed by atoms with Gasteiger partial charge in [0.05, 0.1) is 25.4 Å². The van der Waals surface area contributed by atoms with Gasteiger partial charge in [-0.15, -0.1) is 0 Å². The highest BCUT2D eigenvalue weighted by atomic mass is 32.1. The molecule has 0 fully saturated rings. The molecule has 1 aromatic carbocycles. The van der Waals surface area contributed by atoms with Crippen LogP contribution in [0.2, 0.25) is 0 Å². The number of thiol groups is 2. The van der Waals surface area contributed by atoms with Crippen LogP contribution >= 0.6 is 25.3 Å². The minimum Gasteiger partial charge on any atom is -0.492 e. The van der Waals surface area contributed by atoms with Crippen molar-refractivity contribution in [2.45, 2.75) is 60.3 Å². The van der Waals surface area contributed by atoms with E-state index in [1.807, 2.05) is 6.07 Å². The van der Waals surface area contributed by atoms with Crippen LogP contribution in [0.1, 0.15) is 11.1 Å². The Balaban J connectivity index is 2.91. The molecule has 36 heavy (non-hydrogen) atoms. The van der Waals surface area contributed by atoms with E-state index >= 15 is 0 Å². The molecule has 0 aliphatic carbocycles. The van der Waals surface area contributed by atoms with Crippen molar-refractivity contribution in [1.82, 2.24) is 4.90 Å². The summed E-state index contributed by atoms with van der Waals surface area (Å²) in [5, 5.41) is 97.7. The normalized spacial score (nSPS) is 18.8. The Bertz CT molecular complexity index is 720. The van der Waals surface area contributed by atoms with E-state index in [-0.39, 0.29) is 26.2 Å². The van der Waals surface area contributed by atoms with E-state index in [0.717, 1.165) is 11.1 Å². The number of nitrogens with zero attached hydrogens (tertiary/aromatic N) is 1. The van der Waals surface area contributed by atoms with E-state index in [2.05, 4.69) is 25.3 Å². The van der Waals surface area contributed by atoms with E-state index in [1.54, 1.807) is 12.1 Å². The van der Waals surface area contributed by atoms with Gasteiger partial charge in [0, 0.05) is 31.1 Å². The Morgan fingerprint density at radius 2 is 1.11 bits per heavy atom. The second-order valence-corrected chi connectivity index (χ2v) is 9.08. The number of benzene rings is 1. The lowest BCUT2D eigenvalue weighted by Gasteiger charge is -2.33. The molecule has 0 saturated heterocycles. The summed E-state index contributed by atoms with van der Waals surface area (Å²) in [6.45, 7) is -2.38. The topological polar surface area (TPSA) is 215 Å². The molecule has 0 aliphatic heterocycles. The maximum atomic E-state index is 10.4. The Kier molecular flexibility index (Phi) is 15.7. The molecule has 0 bridgehead atoms. The molecule has 0 saturated carbocycles. The van der Waals surface area contributed by atoms with E-state index in [0.29, 0.717) is 17.3 Å². The summed E-state index contributed by atoms with van der Waals surface area (Å²) < 4.78 is 5.74. The summed E-state index contributed by atoms with van der Waals surface area (Å²) in [7, 11) is 0. The predicted octanol–water partition coefficient (Wildman–Crippen LogP) is -3.90. The van der Waals surface area contributed by atoms with Gasteiger partial charge in [-0.05, 0) is 23.3 Å². The minimum absolute atomic E-state index is 0.0293. The molecule has 12 nitrogen and oxygen atoms in total. The largest absolute Gasteiger partial charge is 0.492 e. The van der Waals surface area contributed by atoms with Crippen LogP contribution in [0.3, 0.4) is 0 Å². The Morgan fingerprint density at radius 3 is 1.53 bits per heavy atom. The third-order valence-corrected chi connectivity index (χ3v) is 6.42. The fraction of sp³-hybridized carbons (Fsp3) is 0.727. The van der Waals surface area contributed by atoms with Gasteiger partial charge in [-0.3, -0.25) is 4.90 Å². The maximum Gasteiger partial charge on any atom is 0.119 e. The van der Waals surface area contributed by atoms with Crippen molar-refractivity contribution in [3.63, 3.8) is 0 Å². The molecule has 10 N–H and O–H groups in total. The van der Waals surface area contributed by atoms with Crippen molar-refractivity contribution < 1.29 is 55.8 Å². The third kappa shape index (κ3) is 10.2. The summed E-state index contributed by atoms with van der Waals surface area (Å²) in [5.74, 6) is 1.52. The van der Waals surface area contributed by atoms with Crippen LogP contribution in [0.25, 0.3) is 0 Å². The van der Waals surface area contributed by atoms with Gasteiger partial charge in [0.2, 0.25) is 0 Å². The van der Waals surface area contributed by atoms with Gasteiger partial charge in [-0.2, -0.15) is 25.3 Å². The summed E-state index contributed by atoms with van der Waals surface area (Å²) >= 11 is 8.55. The van der Waals surface area contributed by atoms with Crippen LogP contribution in [0.15, 0.2) is 18.2 Å². The van der Waals surface area contributed by atoms with Gasteiger partial charge >= 0.3 is 0 Å². The number of aliphatic hydroxyl groups excluding tert-OH is 10. The van der Waals surface area contributed by atoms with Crippen LogP contribution in [-0.2, 0) is 11.5 Å². The van der Waals surface area contributed by atoms with Gasteiger partial charge in [0.25, 0.3) is 0 Å². The number of hydrogen-bond acceptors (Lipinski definition) is 14. The molecule has 14 heteroatoms. The van der Waals surface area contributed by atoms with Crippen molar-refractivity contribution in [3.8, 4) is 5.75 Å². The average molecular weight is 558 g/mol. The smallest absolute Gasteiger partial charge is 0.119 e. The second kappa shape index (κ2) is 17.0. The molecule has 0 spiro atoms. The third-order valence-electron chi connectivity index (χ3n) is 5.74. The molecule has 1 aromatic rings. The van der Waals surface area contributed by atoms with Crippen LogP contribution in [0, 0.1) is 0 Å². The van der Waals surface area contributed by atoms with Crippen molar-refractivity contribution >= 4 is 25.3 Å². The van der Waals surface area contributed by atoms with Crippen molar-refractivity contribution in [3.05, 3.63) is 29.3 Å². The first-order valence-electron chi connectivity index (χ1n) is 11.4. The predicted molar refractivity (Wildman–Crippen MR) is 136 cm³/mol. The molecule has 0 aromatic heterocycles. The van der Waals surface area contributed by atoms with Gasteiger partial charge < -0.3 is 55.8 Å². The monoisotopic (exact) mass is 557 g/mol. The van der Waals surface area contributed by atoms with Crippen molar-refractivity contribution in [2.24, 2.45) is 0 Å². The maximum absolute atomic E-state index is 10.4. The molecular weight excluding hydrogens is 518 g/mol. The second-order valence-electron chi connectivity index (χ2n) is 8.45. The minimum atomic E-state index is -1.86. The lowest BCUT2D eigenvalue weighted by molar-refractivity contribution is -0.130. The van der Waals surface area contributed by atoms with Crippen LogP contribution in [-0.4, -0.2) is 144 Å². The van der Waals surface area contributed by atoms with Gasteiger partial charge in [0.1, 0.15) is 49.0 Å². The quantitative estimate of drug-likeness (QED) is 0.0781. The van der Waals surface area contributed by atoms with Crippen LogP contribution < -0.4 is 4.74 Å². The molecule has 0 heterocycles. The van der Waals surface area contributed by atoms with Gasteiger partial charge in [0.15, 0.2) is 0 Å². The summed E-state index contributed by atoms with van der Waals surface area (Å²) in [6.07, 6.45) is -14.1. The number of ether oxygens (including phenoxy) is 1. The van der Waals surface area contributed by atoms with E-state index < -0.39 is 62.0 Å². The SMILES string of the molecule is OC[C@@H](O)[C@H](O)[C@H](O)[C@@H](O)CN(CCOc1ccc(CS)c(CS)c1)C[C@H](O)[C@@H](O)[C@@H](O)[C@H](O)CO. The zero-order chi connectivity index (χ0) is 27.4. The van der Waals surface area contributed by atoms with E-state index in [4.69, 9.17) is 14.9 Å². The van der Waals surface area contributed by atoms with Crippen LogP contribution in [0.5, 0.6) is 5.75 Å². The van der Waals surface area contributed by atoms with E-state index in [1.165, 1.54) is 4.90 Å². The highest BCUT2D eigenvalue weighted by molar-refractivity contribution is 7.79. The van der Waals surface area contributed by atoms with Crippen molar-refractivity contribution in [2.75, 3.05) is 39.5 Å². The zero-order valence-corrected chi connectivity index (χ0v) is 21.5. The highest BCUT2D eigenvalue weighted by Gasteiger charge is 2.34. The summed E-state index contributed by atoms with van der Waals surface area (Å²) in [6, 6.07) is 5.37. The van der Waals surface area contributed by atoms with Gasteiger partial charge in [-0.25, -0.2) is 0 Å². The first kappa shape index (κ1) is 33.3. The molecule has 8 atom stereocenters. The Labute approximate surface area is 220 Å². The lowest BCUT2D eigenvalue weighted by atomic mass is 10.0. The molecule has 0 unspecified atom stereocenters. The molecule has 0 amide bonds. The standard InChI is InChI=1S/C22H39NO11S2/c24-8-17(28)21(32)19(30)15(26)6-23(7-16(27)20(31)22(33)18(29)9-25)3-4-34-14-2-1-12(10-35)13(5-14)11-36/h1-2,5,15-22,24-33,35-36H,3-4,6-11H2/t15-,16-,17+,18+,19+,20+,21-,22-/m0/s1. The Morgan fingerprint density at radius 1 is 0.667 bits per heavy atom. The fourth-order valence-electron chi connectivity index (χ4n) is 3.41. The van der Waals surface area contributed by atoms with E-state index in [9.17, 15) is 40.9 Å². The molecule has 0 aliphatic rings. The zero-order valence-electron chi connectivity index (χ0n) is 19.7. The highest BCUT2D eigenvalue weighted by Crippen LogP contribution is 2.21. The summed E-state index contributed by atoms with van der Waals surface area (Å²) in [5.41, 5.74) is 1.91. The van der Waals surface area contributed by atoms with Crippen molar-refractivity contribution in [1.29, 1.82) is 0 Å². The number of rotatable bonds is 18. The van der Waals surface area contributed by atoms with Gasteiger partial charge in [-0.1, -0.05) is 6.07 Å². The molecule has 0 radical (unpaired) electrons.